The summed E-state index contributed by atoms with van der Waals surface area (Å²) in [5, 5.41) is 19.2. The number of benzene rings is 1. The van der Waals surface area contributed by atoms with Crippen LogP contribution in [0.15, 0.2) is 24.3 Å². The predicted octanol–water partition coefficient (Wildman–Crippen LogP) is 2.27. The highest BCUT2D eigenvalue weighted by Gasteiger charge is 2.17. The molecule has 0 saturated carbocycles. The molecule has 1 atom stereocenters. The fourth-order valence-corrected chi connectivity index (χ4v) is 3.35. The summed E-state index contributed by atoms with van der Waals surface area (Å²) in [6, 6.07) is 6.58. The Labute approximate surface area is 187 Å². The second-order valence-electron chi connectivity index (χ2n) is 7.99. The molecule has 0 aliphatic heterocycles. The number of phenolic OH excluding ortho intramolecular Hbond substituents is 1. The van der Waals surface area contributed by atoms with Crippen LogP contribution >= 0.6 is 0 Å². The van der Waals surface area contributed by atoms with Crippen molar-refractivity contribution >= 4 is 12.2 Å². The van der Waals surface area contributed by atoms with Gasteiger partial charge in [0.25, 0.3) is 0 Å². The van der Waals surface area contributed by atoms with E-state index in [0.29, 0.717) is 32.4 Å². The Morgan fingerprint density at radius 2 is 1.55 bits per heavy atom. The van der Waals surface area contributed by atoms with Gasteiger partial charge in [-0.15, -0.1) is 0 Å². The third-order valence-electron chi connectivity index (χ3n) is 5.22. The number of amides is 1. The van der Waals surface area contributed by atoms with E-state index in [0.717, 1.165) is 57.2 Å². The van der Waals surface area contributed by atoms with Crippen molar-refractivity contribution in [3.05, 3.63) is 29.8 Å². The molecule has 0 bridgehead atoms. The monoisotopic (exact) mass is 434 g/mol. The van der Waals surface area contributed by atoms with E-state index in [1.807, 2.05) is 12.1 Å². The molecule has 0 aromatic heterocycles. The quantitative estimate of drug-likeness (QED) is 0.159. The van der Waals surface area contributed by atoms with Gasteiger partial charge in [0.05, 0.1) is 6.04 Å². The van der Waals surface area contributed by atoms with E-state index in [1.54, 1.807) is 12.1 Å². The van der Waals surface area contributed by atoms with E-state index in [2.05, 4.69) is 16.0 Å². The highest BCUT2D eigenvalue weighted by atomic mass is 16.3. The Morgan fingerprint density at radius 3 is 2.23 bits per heavy atom. The van der Waals surface area contributed by atoms with Gasteiger partial charge in [-0.2, -0.15) is 0 Å². The molecule has 0 spiro atoms. The summed E-state index contributed by atoms with van der Waals surface area (Å²) in [6.45, 7) is 4.19. The van der Waals surface area contributed by atoms with Crippen LogP contribution in [-0.4, -0.2) is 56.1 Å². The summed E-state index contributed by atoms with van der Waals surface area (Å²) in [7, 11) is 0. The Morgan fingerprint density at radius 1 is 0.903 bits per heavy atom. The number of aromatic hydroxyl groups is 1. The molecule has 0 aliphatic carbocycles. The van der Waals surface area contributed by atoms with Gasteiger partial charge in [0.2, 0.25) is 5.91 Å². The van der Waals surface area contributed by atoms with E-state index in [4.69, 9.17) is 5.73 Å². The molecule has 1 amide bonds. The van der Waals surface area contributed by atoms with Crippen molar-refractivity contribution in [3.8, 4) is 5.75 Å². The number of aldehydes is 1. The molecule has 0 saturated heterocycles. The fourth-order valence-electron chi connectivity index (χ4n) is 3.35. The summed E-state index contributed by atoms with van der Waals surface area (Å²) in [5.41, 5.74) is 6.46. The van der Waals surface area contributed by atoms with Gasteiger partial charge in [-0.1, -0.05) is 31.4 Å². The summed E-state index contributed by atoms with van der Waals surface area (Å²) in [4.78, 5) is 23.2. The number of hydrogen-bond donors (Lipinski definition) is 5. The molecular weight excluding hydrogens is 392 g/mol. The molecule has 1 aromatic carbocycles. The van der Waals surface area contributed by atoms with Crippen molar-refractivity contribution < 1.29 is 14.7 Å². The van der Waals surface area contributed by atoms with Crippen LogP contribution in [0.3, 0.4) is 0 Å². The zero-order valence-electron chi connectivity index (χ0n) is 18.9. The van der Waals surface area contributed by atoms with E-state index in [1.165, 1.54) is 19.3 Å². The molecule has 7 heteroatoms. The molecule has 0 unspecified atom stereocenters. The largest absolute Gasteiger partial charge is 0.508 e. The average molecular weight is 435 g/mol. The maximum Gasteiger partial charge on any atom is 0.237 e. The molecule has 1 aromatic rings. The topological polar surface area (TPSA) is 116 Å². The first-order chi connectivity index (χ1) is 15.2. The number of rotatable bonds is 20. The first-order valence-corrected chi connectivity index (χ1v) is 11.8. The van der Waals surface area contributed by atoms with Gasteiger partial charge in [0.1, 0.15) is 12.0 Å². The minimum Gasteiger partial charge on any atom is -0.508 e. The first kappa shape index (κ1) is 27.1. The summed E-state index contributed by atoms with van der Waals surface area (Å²) >= 11 is 0. The van der Waals surface area contributed by atoms with Crippen molar-refractivity contribution in [3.63, 3.8) is 0 Å². The lowest BCUT2D eigenvalue weighted by Crippen LogP contribution is -2.46. The summed E-state index contributed by atoms with van der Waals surface area (Å²) in [6.07, 6.45) is 10.6. The van der Waals surface area contributed by atoms with E-state index < -0.39 is 0 Å². The lowest BCUT2D eigenvalue weighted by molar-refractivity contribution is -0.123. The zero-order chi connectivity index (χ0) is 22.6. The Balaban J connectivity index is 2.20. The number of carbonyl (C=O) groups is 2. The normalized spacial score (nSPS) is 11.9. The van der Waals surface area contributed by atoms with Crippen LogP contribution in [0.1, 0.15) is 63.4 Å². The van der Waals surface area contributed by atoms with Crippen molar-refractivity contribution in [2.24, 2.45) is 5.73 Å². The van der Waals surface area contributed by atoms with E-state index in [9.17, 15) is 14.7 Å². The van der Waals surface area contributed by atoms with Gasteiger partial charge in [-0.25, -0.2) is 0 Å². The SMILES string of the molecule is NCCCCNCCCCCCCNC(=O)[C@H](Cc1ccc(O)cc1)NCCCC=O. The van der Waals surface area contributed by atoms with Crippen molar-refractivity contribution in [2.75, 3.05) is 32.7 Å². The number of phenols is 1. The van der Waals surface area contributed by atoms with E-state index >= 15 is 0 Å². The van der Waals surface area contributed by atoms with Gasteiger partial charge in [0, 0.05) is 13.0 Å². The Hall–Kier alpha value is -1.96. The third kappa shape index (κ3) is 14.6. The number of unbranched alkanes of at least 4 members (excludes halogenated alkanes) is 6. The van der Waals surface area contributed by atoms with Gasteiger partial charge in [0.15, 0.2) is 0 Å². The van der Waals surface area contributed by atoms with E-state index in [-0.39, 0.29) is 17.7 Å². The third-order valence-corrected chi connectivity index (χ3v) is 5.22. The zero-order valence-corrected chi connectivity index (χ0v) is 18.9. The van der Waals surface area contributed by atoms with Gasteiger partial charge in [-0.3, -0.25) is 4.79 Å². The van der Waals surface area contributed by atoms with Crippen LogP contribution in [0.25, 0.3) is 0 Å². The van der Waals surface area contributed by atoms with Crippen molar-refractivity contribution in [1.82, 2.24) is 16.0 Å². The minimum atomic E-state index is -0.346. The smallest absolute Gasteiger partial charge is 0.237 e. The molecular formula is C24H42N4O3. The minimum absolute atomic E-state index is 0.0131. The molecule has 1 rings (SSSR count). The van der Waals surface area contributed by atoms with Gasteiger partial charge >= 0.3 is 0 Å². The molecule has 176 valence electrons. The van der Waals surface area contributed by atoms with Gasteiger partial charge in [-0.05, 0) is 82.4 Å². The molecule has 7 nitrogen and oxygen atoms in total. The molecule has 0 fully saturated rings. The van der Waals surface area contributed by atoms with Crippen LogP contribution in [0.4, 0.5) is 0 Å². The van der Waals surface area contributed by atoms with Crippen LogP contribution in [-0.2, 0) is 16.0 Å². The maximum atomic E-state index is 12.7. The van der Waals surface area contributed by atoms with Crippen molar-refractivity contribution in [2.45, 2.75) is 70.3 Å². The lowest BCUT2D eigenvalue weighted by Gasteiger charge is -2.18. The summed E-state index contributed by atoms with van der Waals surface area (Å²) in [5.74, 6) is 0.201. The average Bonchev–Trinajstić information content (AvgIpc) is 2.77. The molecule has 6 N–H and O–H groups in total. The highest BCUT2D eigenvalue weighted by Crippen LogP contribution is 2.11. The summed E-state index contributed by atoms with van der Waals surface area (Å²) < 4.78 is 0. The van der Waals surface area contributed by atoms with Crippen LogP contribution in [0, 0.1) is 0 Å². The van der Waals surface area contributed by atoms with Gasteiger partial charge < -0.3 is 31.6 Å². The predicted molar refractivity (Wildman–Crippen MR) is 126 cm³/mol. The molecule has 0 radical (unpaired) electrons. The highest BCUT2D eigenvalue weighted by molar-refractivity contribution is 5.82. The number of nitrogens with one attached hydrogen (secondary N) is 3. The van der Waals surface area contributed by atoms with Crippen LogP contribution < -0.4 is 21.7 Å². The fraction of sp³-hybridized carbons (Fsp3) is 0.667. The number of nitrogens with two attached hydrogens (primary N) is 1. The molecule has 0 heterocycles. The standard InChI is InChI=1S/C24H42N4O3/c25-14-4-7-16-26-15-5-2-1-3-6-18-28-24(31)23(27-17-8-9-19-29)20-21-10-12-22(30)13-11-21/h10-13,19,23,26-27,30H,1-9,14-18,20,25H2,(H,28,31)/t23-/m0/s1. The van der Waals surface area contributed by atoms with Crippen LogP contribution in [0.5, 0.6) is 5.75 Å². The first-order valence-electron chi connectivity index (χ1n) is 11.8. The lowest BCUT2D eigenvalue weighted by atomic mass is 10.0. The number of carbonyl (C=O) groups excluding carboxylic acids is 2. The van der Waals surface area contributed by atoms with Crippen molar-refractivity contribution in [1.29, 1.82) is 0 Å². The molecule has 0 aliphatic rings. The number of hydrogen-bond acceptors (Lipinski definition) is 6. The van der Waals surface area contributed by atoms with Crippen LogP contribution in [0.2, 0.25) is 0 Å². The Kier molecular flexibility index (Phi) is 16.4. The Bertz CT molecular complexity index is 581. The maximum absolute atomic E-state index is 12.7. The second-order valence-corrected chi connectivity index (χ2v) is 7.99. The molecule has 31 heavy (non-hydrogen) atoms. The second kappa shape index (κ2) is 18.8.